The lowest BCUT2D eigenvalue weighted by Crippen LogP contribution is -2.54. The van der Waals surface area contributed by atoms with E-state index in [0.29, 0.717) is 11.6 Å². The molecule has 2 aromatic rings. The number of nitrogens with zero attached hydrogens (tertiary/aromatic N) is 2. The summed E-state index contributed by atoms with van der Waals surface area (Å²) in [5.74, 6) is -2.43. The van der Waals surface area contributed by atoms with Crippen molar-refractivity contribution in [2.45, 2.75) is 33.2 Å². The number of halogens is 3. The molecule has 1 N–H and O–H groups in total. The molecule has 0 bridgehead atoms. The first-order valence-corrected chi connectivity index (χ1v) is 11.4. The van der Waals surface area contributed by atoms with Crippen LogP contribution in [0.25, 0.3) is 11.6 Å². The zero-order valence-electron chi connectivity index (χ0n) is 19.0. The number of barbiturate groups is 1. The molecule has 176 valence electrons. The highest BCUT2D eigenvalue weighted by atomic mass is 35.5. The Balaban J connectivity index is 1.81. The lowest BCUT2D eigenvalue weighted by Gasteiger charge is -2.43. The van der Waals surface area contributed by atoms with Crippen molar-refractivity contribution in [3.05, 3.63) is 69.0 Å². The molecule has 2 aliphatic heterocycles. The van der Waals surface area contributed by atoms with Crippen LogP contribution in [0.1, 0.15) is 38.8 Å². The van der Waals surface area contributed by atoms with Gasteiger partial charge in [0.1, 0.15) is 11.4 Å². The molecular formula is C25H22Cl2FN3O3. The standard InChI is InChI=1S/C25H22Cl2FN3O3/c1-5-30-21-11-19(28)14(8-16(21)13(2)12-25(30,3)4)9-17-22(32)29-24(34)31(23(17)33)20-7-6-15(26)10-18(20)27/h6-12H,5H2,1-4H3,(H,29,32,34)/b17-9-. The van der Waals surface area contributed by atoms with Crippen molar-refractivity contribution in [2.24, 2.45) is 0 Å². The zero-order chi connectivity index (χ0) is 24.9. The average Bonchev–Trinajstić information content (AvgIpc) is 2.72. The number of urea groups is 1. The molecule has 9 heteroatoms. The first kappa shape index (κ1) is 24.0. The molecule has 0 unspecified atom stereocenters. The van der Waals surface area contributed by atoms with Crippen molar-refractivity contribution in [1.82, 2.24) is 5.32 Å². The lowest BCUT2D eigenvalue weighted by atomic mass is 9.87. The van der Waals surface area contributed by atoms with Crippen LogP contribution in [0.5, 0.6) is 0 Å². The van der Waals surface area contributed by atoms with Crippen molar-refractivity contribution >= 4 is 64.1 Å². The second-order valence-corrected chi connectivity index (χ2v) is 9.51. The van der Waals surface area contributed by atoms with Crippen LogP contribution in [-0.2, 0) is 9.59 Å². The van der Waals surface area contributed by atoms with Crippen LogP contribution in [0.3, 0.4) is 0 Å². The topological polar surface area (TPSA) is 69.7 Å². The van der Waals surface area contributed by atoms with Crippen LogP contribution >= 0.6 is 23.2 Å². The van der Waals surface area contributed by atoms with E-state index in [1.807, 2.05) is 13.8 Å². The van der Waals surface area contributed by atoms with E-state index in [1.165, 1.54) is 24.3 Å². The van der Waals surface area contributed by atoms with Gasteiger partial charge in [0.2, 0.25) is 0 Å². The SMILES string of the molecule is CCN1c2cc(F)c(/C=C3/C(=O)NC(=O)N(c4ccc(Cl)cc4Cl)C3=O)cc2C(C)=CC1(C)C. The van der Waals surface area contributed by atoms with E-state index < -0.39 is 29.2 Å². The number of anilines is 2. The van der Waals surface area contributed by atoms with Crippen molar-refractivity contribution in [3.63, 3.8) is 0 Å². The van der Waals surface area contributed by atoms with Crippen molar-refractivity contribution in [1.29, 1.82) is 0 Å². The summed E-state index contributed by atoms with van der Waals surface area (Å²) in [6, 6.07) is 6.29. The number of fused-ring (bicyclic) bond motifs is 1. The van der Waals surface area contributed by atoms with E-state index in [0.717, 1.165) is 27.8 Å². The molecule has 0 radical (unpaired) electrons. The molecule has 0 atom stereocenters. The molecule has 1 saturated heterocycles. The summed E-state index contributed by atoms with van der Waals surface area (Å²) in [7, 11) is 0. The highest BCUT2D eigenvalue weighted by Gasteiger charge is 2.38. The van der Waals surface area contributed by atoms with E-state index in [9.17, 15) is 14.4 Å². The monoisotopic (exact) mass is 501 g/mol. The lowest BCUT2D eigenvalue weighted by molar-refractivity contribution is -0.122. The third-order valence-corrected chi connectivity index (χ3v) is 6.50. The third kappa shape index (κ3) is 3.99. The number of amides is 4. The van der Waals surface area contributed by atoms with Gasteiger partial charge in [0, 0.05) is 28.4 Å². The summed E-state index contributed by atoms with van der Waals surface area (Å²) in [6.07, 6.45) is 3.24. The quantitative estimate of drug-likeness (QED) is 0.424. The smallest absolute Gasteiger partial charge is 0.335 e. The minimum Gasteiger partial charge on any atom is -0.363 e. The first-order chi connectivity index (χ1) is 15.9. The fourth-order valence-electron chi connectivity index (χ4n) is 4.50. The number of carbonyl (C=O) groups is 3. The molecule has 2 aromatic carbocycles. The fraction of sp³-hybridized carbons (Fsp3) is 0.240. The molecule has 0 aliphatic carbocycles. The second kappa shape index (κ2) is 8.56. The first-order valence-electron chi connectivity index (χ1n) is 10.6. The Kier molecular flexibility index (Phi) is 6.04. The number of nitrogens with one attached hydrogen (secondary N) is 1. The maximum Gasteiger partial charge on any atom is 0.335 e. The van der Waals surface area contributed by atoms with E-state index in [4.69, 9.17) is 23.2 Å². The van der Waals surface area contributed by atoms with E-state index in [1.54, 1.807) is 6.07 Å². The molecule has 4 rings (SSSR count). The maximum absolute atomic E-state index is 15.2. The number of likely N-dealkylation sites (N-methyl/N-ethyl adjacent to an activating group) is 1. The van der Waals surface area contributed by atoms with Gasteiger partial charge in [0.05, 0.1) is 16.2 Å². The summed E-state index contributed by atoms with van der Waals surface area (Å²) in [4.78, 5) is 41.0. The number of hydrogen-bond acceptors (Lipinski definition) is 4. The second-order valence-electron chi connectivity index (χ2n) is 8.67. The predicted molar refractivity (Wildman–Crippen MR) is 133 cm³/mol. The maximum atomic E-state index is 15.2. The van der Waals surface area contributed by atoms with Gasteiger partial charge in [-0.2, -0.15) is 0 Å². The van der Waals surface area contributed by atoms with Crippen LogP contribution in [0.15, 0.2) is 42.0 Å². The summed E-state index contributed by atoms with van der Waals surface area (Å²) in [6.45, 7) is 8.70. The van der Waals surface area contributed by atoms with Gasteiger partial charge in [0.15, 0.2) is 0 Å². The summed E-state index contributed by atoms with van der Waals surface area (Å²) >= 11 is 12.1. The van der Waals surface area contributed by atoms with Gasteiger partial charge < -0.3 is 4.90 Å². The average molecular weight is 502 g/mol. The number of imide groups is 2. The van der Waals surface area contributed by atoms with Crippen LogP contribution in [0, 0.1) is 5.82 Å². The molecule has 1 fully saturated rings. The van der Waals surface area contributed by atoms with Crippen LogP contribution in [0.2, 0.25) is 10.0 Å². The molecule has 2 aliphatic rings. The molecule has 2 heterocycles. The third-order valence-electron chi connectivity index (χ3n) is 5.96. The molecule has 0 saturated carbocycles. The van der Waals surface area contributed by atoms with Crippen LogP contribution in [0.4, 0.5) is 20.6 Å². The molecule has 4 amide bonds. The van der Waals surface area contributed by atoms with Crippen molar-refractivity contribution in [2.75, 3.05) is 16.3 Å². The highest BCUT2D eigenvalue weighted by Crippen LogP contribution is 2.40. The van der Waals surface area contributed by atoms with E-state index in [2.05, 4.69) is 30.1 Å². The molecule has 0 aromatic heterocycles. The Hall–Kier alpha value is -3.16. The Morgan fingerprint density at radius 3 is 2.44 bits per heavy atom. The van der Waals surface area contributed by atoms with Crippen LogP contribution < -0.4 is 15.1 Å². The zero-order valence-corrected chi connectivity index (χ0v) is 20.5. The summed E-state index contributed by atoms with van der Waals surface area (Å²) < 4.78 is 15.2. The Morgan fingerprint density at radius 2 is 1.79 bits per heavy atom. The Morgan fingerprint density at radius 1 is 1.09 bits per heavy atom. The predicted octanol–water partition coefficient (Wildman–Crippen LogP) is 5.82. The fourth-order valence-corrected chi connectivity index (χ4v) is 4.99. The van der Waals surface area contributed by atoms with Gasteiger partial charge in [-0.1, -0.05) is 29.3 Å². The van der Waals surface area contributed by atoms with Gasteiger partial charge in [-0.25, -0.2) is 14.1 Å². The highest BCUT2D eigenvalue weighted by molar-refractivity contribution is 6.42. The van der Waals surface area contributed by atoms with E-state index in [-0.39, 0.29) is 21.8 Å². The Bertz CT molecular complexity index is 1320. The number of benzene rings is 2. The van der Waals surface area contributed by atoms with Crippen molar-refractivity contribution in [3.8, 4) is 0 Å². The van der Waals surface area contributed by atoms with Gasteiger partial charge in [-0.05, 0) is 69.7 Å². The number of carbonyl (C=O) groups excluding carboxylic acids is 3. The van der Waals surface area contributed by atoms with Crippen molar-refractivity contribution < 1.29 is 18.8 Å². The number of allylic oxidation sites excluding steroid dienone is 1. The number of hydrogen-bond donors (Lipinski definition) is 1. The van der Waals surface area contributed by atoms with Gasteiger partial charge in [-0.3, -0.25) is 14.9 Å². The van der Waals surface area contributed by atoms with Gasteiger partial charge >= 0.3 is 6.03 Å². The van der Waals surface area contributed by atoms with Gasteiger partial charge in [-0.15, -0.1) is 0 Å². The molecule has 34 heavy (non-hydrogen) atoms. The summed E-state index contributed by atoms with van der Waals surface area (Å²) in [5, 5.41) is 2.48. The molecule has 6 nitrogen and oxygen atoms in total. The molecule has 0 spiro atoms. The molecular weight excluding hydrogens is 480 g/mol. The minimum absolute atomic E-state index is 0.0488. The van der Waals surface area contributed by atoms with E-state index >= 15 is 4.39 Å². The summed E-state index contributed by atoms with van der Waals surface area (Å²) in [5.41, 5.74) is 1.90. The largest absolute Gasteiger partial charge is 0.363 e. The normalized spacial score (nSPS) is 18.7. The Labute approximate surface area is 206 Å². The van der Waals surface area contributed by atoms with Crippen LogP contribution in [-0.4, -0.2) is 29.9 Å². The minimum atomic E-state index is -0.957. The van der Waals surface area contributed by atoms with Gasteiger partial charge in [0.25, 0.3) is 11.8 Å². The number of rotatable bonds is 3.